The van der Waals surface area contributed by atoms with Crippen molar-refractivity contribution >= 4 is 0 Å². The molecule has 24 heavy (non-hydrogen) atoms. The lowest BCUT2D eigenvalue weighted by Crippen LogP contribution is -2.29. The molecule has 0 N–H and O–H groups in total. The van der Waals surface area contributed by atoms with Crippen molar-refractivity contribution in [1.29, 1.82) is 5.26 Å². The minimum Gasteiger partial charge on any atom is -0.300 e. The standard InChI is InChI=1S/C22H24N2/c1-16-6-5-11-24(16)15-19-13-21(19)22-12-17(14-23)9-10-20(22)18-7-3-2-4-8-18/h2-4,7-10,12,16,19,21H,5-6,11,13,15H2,1H3/t16-,19-,21+/m1/s1. The van der Waals surface area contributed by atoms with E-state index >= 15 is 0 Å². The third-order valence-corrected chi connectivity index (χ3v) is 5.75. The first-order valence-corrected chi connectivity index (χ1v) is 9.10. The Labute approximate surface area is 144 Å². The van der Waals surface area contributed by atoms with Gasteiger partial charge in [-0.1, -0.05) is 36.4 Å². The molecule has 2 aromatic rings. The molecule has 1 saturated heterocycles. The van der Waals surface area contributed by atoms with E-state index in [0.29, 0.717) is 5.92 Å². The average molecular weight is 316 g/mol. The second kappa shape index (κ2) is 6.42. The quantitative estimate of drug-likeness (QED) is 0.809. The summed E-state index contributed by atoms with van der Waals surface area (Å²) in [6.07, 6.45) is 3.95. The Balaban J connectivity index is 1.59. The maximum Gasteiger partial charge on any atom is 0.0991 e. The van der Waals surface area contributed by atoms with Crippen molar-refractivity contribution in [2.75, 3.05) is 13.1 Å². The van der Waals surface area contributed by atoms with E-state index in [-0.39, 0.29) is 0 Å². The summed E-state index contributed by atoms with van der Waals surface area (Å²) in [5.41, 5.74) is 4.72. The van der Waals surface area contributed by atoms with E-state index in [0.717, 1.165) is 17.5 Å². The Kier molecular flexibility index (Phi) is 4.12. The molecule has 0 radical (unpaired) electrons. The summed E-state index contributed by atoms with van der Waals surface area (Å²) in [6, 6.07) is 19.8. The predicted octanol–water partition coefficient (Wildman–Crippen LogP) is 4.81. The smallest absolute Gasteiger partial charge is 0.0991 e. The van der Waals surface area contributed by atoms with Gasteiger partial charge in [-0.2, -0.15) is 5.26 Å². The predicted molar refractivity (Wildman–Crippen MR) is 97.7 cm³/mol. The van der Waals surface area contributed by atoms with Gasteiger partial charge in [-0.15, -0.1) is 0 Å². The minimum atomic E-state index is 0.612. The highest BCUT2D eigenvalue weighted by Gasteiger charge is 2.41. The van der Waals surface area contributed by atoms with Gasteiger partial charge >= 0.3 is 0 Å². The van der Waals surface area contributed by atoms with E-state index in [4.69, 9.17) is 0 Å². The molecule has 2 nitrogen and oxygen atoms in total. The molecule has 2 heteroatoms. The second-order valence-electron chi connectivity index (χ2n) is 7.37. The maximum atomic E-state index is 9.30. The Bertz CT molecular complexity index is 759. The molecular formula is C22H24N2. The van der Waals surface area contributed by atoms with Crippen LogP contribution in [0.2, 0.25) is 0 Å². The number of benzene rings is 2. The van der Waals surface area contributed by atoms with Crippen molar-refractivity contribution in [1.82, 2.24) is 4.90 Å². The number of nitrogens with zero attached hydrogens (tertiary/aromatic N) is 2. The summed E-state index contributed by atoms with van der Waals surface area (Å²) in [4.78, 5) is 2.65. The van der Waals surface area contributed by atoms with E-state index in [1.807, 2.05) is 6.07 Å². The highest BCUT2D eigenvalue weighted by Crippen LogP contribution is 2.51. The lowest BCUT2D eigenvalue weighted by atomic mass is 9.94. The van der Waals surface area contributed by atoms with E-state index in [2.05, 4.69) is 60.4 Å². The van der Waals surface area contributed by atoms with Crippen LogP contribution in [0.25, 0.3) is 11.1 Å². The van der Waals surface area contributed by atoms with E-state index < -0.39 is 0 Å². The molecular weight excluding hydrogens is 292 g/mol. The zero-order valence-corrected chi connectivity index (χ0v) is 14.3. The van der Waals surface area contributed by atoms with Crippen LogP contribution in [0.4, 0.5) is 0 Å². The van der Waals surface area contributed by atoms with Gasteiger partial charge in [-0.3, -0.25) is 0 Å². The zero-order valence-electron chi connectivity index (χ0n) is 14.3. The number of nitriles is 1. The largest absolute Gasteiger partial charge is 0.300 e. The molecule has 0 unspecified atom stereocenters. The van der Waals surface area contributed by atoms with Crippen LogP contribution >= 0.6 is 0 Å². The number of hydrogen-bond donors (Lipinski definition) is 0. The van der Waals surface area contributed by atoms with Crippen molar-refractivity contribution in [3.05, 3.63) is 59.7 Å². The highest BCUT2D eigenvalue weighted by molar-refractivity contribution is 5.70. The molecule has 1 aliphatic heterocycles. The highest BCUT2D eigenvalue weighted by atomic mass is 15.2. The first-order chi connectivity index (χ1) is 11.8. The summed E-state index contributed by atoms with van der Waals surface area (Å²) in [7, 11) is 0. The lowest BCUT2D eigenvalue weighted by Gasteiger charge is -2.21. The van der Waals surface area contributed by atoms with E-state index in [1.165, 1.54) is 49.0 Å². The van der Waals surface area contributed by atoms with Gasteiger partial charge in [-0.05, 0) is 73.4 Å². The minimum absolute atomic E-state index is 0.612. The van der Waals surface area contributed by atoms with E-state index in [9.17, 15) is 5.26 Å². The van der Waals surface area contributed by atoms with Crippen LogP contribution in [0.1, 0.15) is 43.2 Å². The number of hydrogen-bond acceptors (Lipinski definition) is 2. The molecule has 2 aromatic carbocycles. The van der Waals surface area contributed by atoms with Crippen molar-refractivity contribution in [2.45, 2.75) is 38.1 Å². The van der Waals surface area contributed by atoms with Gasteiger partial charge in [0.05, 0.1) is 11.6 Å². The normalized spacial score (nSPS) is 26.2. The molecule has 1 saturated carbocycles. The molecule has 1 heterocycles. The molecule has 3 atom stereocenters. The Morgan fingerprint density at radius 3 is 2.71 bits per heavy atom. The van der Waals surface area contributed by atoms with Gasteiger partial charge in [0.15, 0.2) is 0 Å². The first kappa shape index (κ1) is 15.4. The maximum absolute atomic E-state index is 9.30. The number of rotatable bonds is 4. The molecule has 2 fully saturated rings. The van der Waals surface area contributed by atoms with Crippen LogP contribution in [0.3, 0.4) is 0 Å². The van der Waals surface area contributed by atoms with Crippen LogP contribution in [-0.4, -0.2) is 24.0 Å². The molecule has 122 valence electrons. The molecule has 0 bridgehead atoms. The van der Waals surface area contributed by atoms with Gasteiger partial charge in [0.25, 0.3) is 0 Å². The van der Waals surface area contributed by atoms with Gasteiger partial charge in [0, 0.05) is 12.6 Å². The van der Waals surface area contributed by atoms with Crippen molar-refractivity contribution in [3.63, 3.8) is 0 Å². The fraction of sp³-hybridized carbons (Fsp3) is 0.409. The fourth-order valence-corrected chi connectivity index (χ4v) is 4.22. The summed E-state index contributed by atoms with van der Waals surface area (Å²) >= 11 is 0. The Morgan fingerprint density at radius 1 is 1.17 bits per heavy atom. The molecule has 0 spiro atoms. The van der Waals surface area contributed by atoms with Crippen LogP contribution in [0.5, 0.6) is 0 Å². The molecule has 1 aliphatic carbocycles. The third-order valence-electron chi connectivity index (χ3n) is 5.75. The van der Waals surface area contributed by atoms with Crippen molar-refractivity contribution in [2.24, 2.45) is 5.92 Å². The van der Waals surface area contributed by atoms with Crippen molar-refractivity contribution in [3.8, 4) is 17.2 Å². The SMILES string of the molecule is C[C@@H]1CCCN1C[C@H]1C[C@@H]1c1cc(C#N)ccc1-c1ccccc1. The monoisotopic (exact) mass is 316 g/mol. The van der Waals surface area contributed by atoms with E-state index in [1.54, 1.807) is 0 Å². The fourth-order valence-electron chi connectivity index (χ4n) is 4.22. The van der Waals surface area contributed by atoms with Gasteiger partial charge in [0.1, 0.15) is 0 Å². The lowest BCUT2D eigenvalue weighted by molar-refractivity contribution is 0.256. The van der Waals surface area contributed by atoms with Crippen LogP contribution < -0.4 is 0 Å². The second-order valence-corrected chi connectivity index (χ2v) is 7.37. The topological polar surface area (TPSA) is 27.0 Å². The van der Waals surface area contributed by atoms with Crippen LogP contribution in [-0.2, 0) is 0 Å². The van der Waals surface area contributed by atoms with Crippen LogP contribution in [0.15, 0.2) is 48.5 Å². The summed E-state index contributed by atoms with van der Waals surface area (Å²) in [5, 5.41) is 9.30. The zero-order chi connectivity index (χ0) is 16.5. The molecule has 2 aliphatic rings. The Hall–Kier alpha value is -2.11. The average Bonchev–Trinajstić information content (AvgIpc) is 3.28. The summed E-state index contributed by atoms with van der Waals surface area (Å²) < 4.78 is 0. The third kappa shape index (κ3) is 2.97. The number of likely N-dealkylation sites (tertiary alicyclic amines) is 1. The first-order valence-electron chi connectivity index (χ1n) is 9.10. The molecule has 0 amide bonds. The van der Waals surface area contributed by atoms with Gasteiger partial charge in [0.2, 0.25) is 0 Å². The van der Waals surface area contributed by atoms with Crippen molar-refractivity contribution < 1.29 is 0 Å². The summed E-state index contributed by atoms with van der Waals surface area (Å²) in [6.45, 7) is 4.83. The summed E-state index contributed by atoms with van der Waals surface area (Å²) in [5.74, 6) is 1.36. The van der Waals surface area contributed by atoms with Gasteiger partial charge in [-0.25, -0.2) is 0 Å². The molecule has 4 rings (SSSR count). The Morgan fingerprint density at radius 2 is 2.00 bits per heavy atom. The van der Waals surface area contributed by atoms with Crippen LogP contribution in [0, 0.1) is 17.2 Å². The van der Waals surface area contributed by atoms with Gasteiger partial charge < -0.3 is 4.90 Å². The molecule has 0 aromatic heterocycles.